The number of aromatic nitrogens is 4. The summed E-state index contributed by atoms with van der Waals surface area (Å²) < 4.78 is 61.8. The predicted octanol–water partition coefficient (Wildman–Crippen LogP) is -2.34. The number of hydrogen-bond donors (Lipinski definition) is 10. The Balaban J connectivity index is 1.54. The first-order chi connectivity index (χ1) is 24.1. The maximum Gasteiger partial charge on any atom is 0.481 e. The van der Waals surface area contributed by atoms with Crippen LogP contribution in [-0.2, 0) is 50.7 Å². The van der Waals surface area contributed by atoms with Crippen molar-refractivity contribution in [2.75, 3.05) is 44.4 Å². The second-order valence-electron chi connectivity index (χ2n) is 11.4. The van der Waals surface area contributed by atoms with Gasteiger partial charge in [-0.25, -0.2) is 28.6 Å². The van der Waals surface area contributed by atoms with E-state index in [-0.39, 0.29) is 42.2 Å². The molecular formula is C23H38N7O18P3S. The van der Waals surface area contributed by atoms with Crippen LogP contribution in [0.3, 0.4) is 0 Å². The van der Waals surface area contributed by atoms with Gasteiger partial charge < -0.3 is 56.0 Å². The molecule has 1 fully saturated rings. The number of anilines is 1. The Bertz CT molecular complexity index is 1730. The number of carbonyl (C=O) groups is 3. The van der Waals surface area contributed by atoms with Gasteiger partial charge in [-0.05, 0) is 0 Å². The summed E-state index contributed by atoms with van der Waals surface area (Å²) >= 11 is 0.820. The Labute approximate surface area is 298 Å². The number of nitrogens with one attached hydrogen (secondary N) is 2. The number of nitrogens with zero attached hydrogens (tertiary/aromatic N) is 4. The summed E-state index contributed by atoms with van der Waals surface area (Å²) in [5, 5.41) is 34.3. The summed E-state index contributed by atoms with van der Waals surface area (Å²) in [6.45, 7) is -0.321. The van der Waals surface area contributed by atoms with E-state index in [4.69, 9.17) is 24.6 Å². The molecule has 0 aromatic carbocycles. The second kappa shape index (κ2) is 18.2. The molecule has 0 aliphatic carbocycles. The van der Waals surface area contributed by atoms with Crippen LogP contribution in [0.5, 0.6) is 0 Å². The Hall–Kier alpha value is -2.48. The fraction of sp³-hybridized carbons (Fsp3) is 0.652. The monoisotopic (exact) mass is 825 g/mol. The van der Waals surface area contributed by atoms with Crippen LogP contribution in [-0.4, -0.2) is 134 Å². The molecule has 294 valence electrons. The van der Waals surface area contributed by atoms with Gasteiger partial charge in [0, 0.05) is 30.7 Å². The third kappa shape index (κ3) is 12.8. The van der Waals surface area contributed by atoms with Gasteiger partial charge in [-0.15, -0.1) is 0 Å². The zero-order valence-electron chi connectivity index (χ0n) is 27.2. The van der Waals surface area contributed by atoms with E-state index in [1.54, 1.807) is 0 Å². The van der Waals surface area contributed by atoms with Crippen LogP contribution in [0, 0.1) is 5.41 Å². The van der Waals surface area contributed by atoms with Gasteiger partial charge in [0.25, 0.3) is 0 Å². The predicted molar refractivity (Wildman–Crippen MR) is 174 cm³/mol. The van der Waals surface area contributed by atoms with Gasteiger partial charge in [-0.1, -0.05) is 25.6 Å². The van der Waals surface area contributed by atoms with Gasteiger partial charge in [0.15, 0.2) is 17.7 Å². The molecule has 25 nitrogen and oxygen atoms in total. The normalized spacial score (nSPS) is 22.4. The van der Waals surface area contributed by atoms with Crippen molar-refractivity contribution in [1.29, 1.82) is 0 Å². The molecule has 0 saturated carbocycles. The molecule has 1 aliphatic rings. The third-order valence-corrected chi connectivity index (χ3v) is 10.9. The summed E-state index contributed by atoms with van der Waals surface area (Å²) in [4.78, 5) is 86.1. The van der Waals surface area contributed by atoms with E-state index in [1.165, 1.54) is 13.8 Å². The van der Waals surface area contributed by atoms with Crippen molar-refractivity contribution in [3.63, 3.8) is 0 Å². The summed E-state index contributed by atoms with van der Waals surface area (Å²) in [5.41, 5.74) is 4.23. The Morgan fingerprint density at radius 2 is 1.75 bits per heavy atom. The molecule has 2 aromatic rings. The minimum Gasteiger partial charge on any atom is -0.388 e. The van der Waals surface area contributed by atoms with Gasteiger partial charge in [0.2, 0.25) is 16.9 Å². The van der Waals surface area contributed by atoms with Gasteiger partial charge in [-0.3, -0.25) is 32.5 Å². The number of ether oxygens (including phenoxy) is 1. The summed E-state index contributed by atoms with van der Waals surface area (Å²) in [7, 11) is -16.4. The molecule has 3 heterocycles. The van der Waals surface area contributed by atoms with E-state index in [9.17, 15) is 57.9 Å². The van der Waals surface area contributed by atoms with Crippen LogP contribution in [0.4, 0.5) is 5.82 Å². The zero-order valence-corrected chi connectivity index (χ0v) is 30.7. The fourth-order valence-corrected chi connectivity index (χ4v) is 7.69. The SMILES string of the molecule is CC(C)(COP(=O)(O)OP(=O)(O)OC[C@H]1O[C@@H](n2cnc3c(N)ncnc32)[C@H](O)[C@@H]1OP(=O)(O)O)C(O)C(=O)NCCC(=O)NCCSC(=O)CO. The number of aliphatic hydroxyl groups is 3. The number of carbonyl (C=O) groups excluding carboxylic acids is 3. The molecule has 3 unspecified atom stereocenters. The van der Waals surface area contributed by atoms with E-state index >= 15 is 0 Å². The lowest BCUT2D eigenvalue weighted by atomic mass is 9.87. The van der Waals surface area contributed by atoms with Crippen molar-refractivity contribution < 1.29 is 85.6 Å². The van der Waals surface area contributed by atoms with Gasteiger partial charge >= 0.3 is 23.5 Å². The number of fused-ring (bicyclic) bond motifs is 1. The maximum absolute atomic E-state index is 12.6. The van der Waals surface area contributed by atoms with Crippen LogP contribution < -0.4 is 16.4 Å². The number of aliphatic hydroxyl groups excluding tert-OH is 3. The molecule has 2 amide bonds. The number of imidazole rings is 1. The van der Waals surface area contributed by atoms with Crippen LogP contribution in [0.15, 0.2) is 12.7 Å². The number of rotatable bonds is 20. The Kier molecular flexibility index (Phi) is 15.4. The first-order valence-corrected chi connectivity index (χ1v) is 20.2. The molecule has 11 N–H and O–H groups in total. The third-order valence-electron chi connectivity index (χ3n) is 6.89. The second-order valence-corrected chi connectivity index (χ2v) is 16.8. The van der Waals surface area contributed by atoms with Crippen molar-refractivity contribution in [3.8, 4) is 0 Å². The fourth-order valence-electron chi connectivity index (χ4n) is 4.34. The van der Waals surface area contributed by atoms with E-state index in [0.717, 1.165) is 29.0 Å². The number of amides is 2. The Morgan fingerprint density at radius 1 is 1.08 bits per heavy atom. The van der Waals surface area contributed by atoms with E-state index in [0.29, 0.717) is 0 Å². The Morgan fingerprint density at radius 3 is 2.40 bits per heavy atom. The smallest absolute Gasteiger partial charge is 0.388 e. The molecule has 1 saturated heterocycles. The summed E-state index contributed by atoms with van der Waals surface area (Å²) in [5.74, 6) is -1.32. The number of hydrogen-bond acceptors (Lipinski definition) is 19. The standard InChI is InChI=1S/C23H38N7O18P3S/c1-23(2,18(35)21(36)26-4-3-13(32)25-5-6-52-14(33)7-31)9-45-51(42,43)48-50(40,41)44-8-12-17(47-49(37,38)39)16(34)22(46-12)30-11-29-15-19(24)27-10-28-20(15)30/h10-12,16-18,22,31,34-35H,3-9H2,1-2H3,(H,25,32)(H,26,36)(H,40,41)(H,42,43)(H2,24,27,28)(H2,37,38,39)/t12-,16-,17-,18?,22-/m1/s1. The zero-order chi connectivity index (χ0) is 39.1. The number of phosphoric acid groups is 3. The highest BCUT2D eigenvalue weighted by atomic mass is 32.2. The van der Waals surface area contributed by atoms with E-state index in [1.807, 2.05) is 0 Å². The van der Waals surface area contributed by atoms with E-state index in [2.05, 4.69) is 34.4 Å². The van der Waals surface area contributed by atoms with Crippen molar-refractivity contribution >= 4 is 69.1 Å². The van der Waals surface area contributed by atoms with Crippen molar-refractivity contribution in [3.05, 3.63) is 12.7 Å². The van der Waals surface area contributed by atoms with Crippen LogP contribution in [0.1, 0.15) is 26.5 Å². The minimum atomic E-state index is -5.57. The van der Waals surface area contributed by atoms with Crippen LogP contribution >= 0.6 is 35.2 Å². The molecule has 29 heteroatoms. The maximum atomic E-state index is 12.6. The van der Waals surface area contributed by atoms with Crippen molar-refractivity contribution in [2.45, 2.75) is 50.9 Å². The molecule has 3 rings (SSSR count). The average Bonchev–Trinajstić information content (AvgIpc) is 3.60. The molecule has 1 aliphatic heterocycles. The van der Waals surface area contributed by atoms with Gasteiger partial charge in [0.05, 0.1) is 19.5 Å². The first kappa shape index (κ1) is 43.9. The molecule has 2 aromatic heterocycles. The number of thioether (sulfide) groups is 1. The largest absolute Gasteiger partial charge is 0.481 e. The number of nitrogen functional groups attached to an aromatic ring is 1. The minimum absolute atomic E-state index is 0.0254. The lowest BCUT2D eigenvalue weighted by molar-refractivity contribution is -0.137. The van der Waals surface area contributed by atoms with Crippen LogP contribution in [0.2, 0.25) is 0 Å². The van der Waals surface area contributed by atoms with Gasteiger partial charge in [0.1, 0.15) is 42.9 Å². The molecule has 0 spiro atoms. The highest BCUT2D eigenvalue weighted by Crippen LogP contribution is 2.61. The number of nitrogens with two attached hydrogens (primary N) is 1. The summed E-state index contributed by atoms with van der Waals surface area (Å²) in [6, 6.07) is 0. The lowest BCUT2D eigenvalue weighted by Gasteiger charge is -2.30. The molecular weight excluding hydrogens is 787 g/mol. The first-order valence-electron chi connectivity index (χ1n) is 14.7. The topological polar surface area (TPSA) is 384 Å². The van der Waals surface area contributed by atoms with E-state index < -0.39 is 96.3 Å². The summed E-state index contributed by atoms with van der Waals surface area (Å²) in [6.07, 6.45) is -6.99. The highest BCUT2D eigenvalue weighted by molar-refractivity contribution is 8.13. The number of phosphoric ester groups is 3. The van der Waals surface area contributed by atoms with Crippen LogP contribution in [0.25, 0.3) is 11.2 Å². The highest BCUT2D eigenvalue weighted by Gasteiger charge is 2.50. The lowest BCUT2D eigenvalue weighted by Crippen LogP contribution is -2.46. The molecule has 0 bridgehead atoms. The molecule has 0 radical (unpaired) electrons. The molecule has 7 atom stereocenters. The van der Waals surface area contributed by atoms with Crippen molar-refractivity contribution in [2.24, 2.45) is 5.41 Å². The van der Waals surface area contributed by atoms with Crippen molar-refractivity contribution in [1.82, 2.24) is 30.2 Å². The van der Waals surface area contributed by atoms with Gasteiger partial charge in [-0.2, -0.15) is 4.31 Å². The average molecular weight is 826 g/mol. The molecule has 52 heavy (non-hydrogen) atoms. The quantitative estimate of drug-likeness (QED) is 0.0494.